The Morgan fingerprint density at radius 2 is 2.05 bits per heavy atom. The molecule has 0 bridgehead atoms. The molecular weight excluding hydrogens is 242 g/mol. The molecule has 2 atom stereocenters. The van der Waals surface area contributed by atoms with E-state index in [2.05, 4.69) is 5.16 Å². The number of rotatable bonds is 3. The summed E-state index contributed by atoms with van der Waals surface area (Å²) in [5, 5.41) is 21.2. The van der Waals surface area contributed by atoms with Crippen molar-refractivity contribution in [2.24, 2.45) is 5.16 Å². The number of carbonyl (C=O) groups is 1. The van der Waals surface area contributed by atoms with Gasteiger partial charge in [0.2, 0.25) is 0 Å². The topological polar surface area (TPSA) is 69.9 Å². The van der Waals surface area contributed by atoms with Gasteiger partial charge in [0, 0.05) is 0 Å². The van der Waals surface area contributed by atoms with Crippen LogP contribution in [0, 0.1) is 0 Å². The van der Waals surface area contributed by atoms with Crippen LogP contribution in [0.25, 0.3) is 0 Å². The zero-order valence-corrected chi connectivity index (χ0v) is 11.0. The van der Waals surface area contributed by atoms with E-state index in [9.17, 15) is 4.79 Å². The number of nitrogens with zero attached hydrogens (tertiary/aromatic N) is 1. The molecule has 1 aromatic carbocycles. The average Bonchev–Trinajstić information content (AvgIpc) is 2.46. The number of hydrogen-bond donors (Lipinski definition) is 2. The fourth-order valence-electron chi connectivity index (χ4n) is 2.62. The highest BCUT2D eigenvalue weighted by molar-refractivity contribution is 5.85. The first-order valence-corrected chi connectivity index (χ1v) is 6.64. The van der Waals surface area contributed by atoms with Gasteiger partial charge in [-0.25, -0.2) is 0 Å². The van der Waals surface area contributed by atoms with E-state index in [-0.39, 0.29) is 0 Å². The molecule has 4 heteroatoms. The lowest BCUT2D eigenvalue weighted by atomic mass is 9.82. The molecule has 19 heavy (non-hydrogen) atoms. The maximum absolute atomic E-state index is 10.9. The lowest BCUT2D eigenvalue weighted by Crippen LogP contribution is -2.14. The monoisotopic (exact) mass is 261 g/mol. The van der Waals surface area contributed by atoms with Crippen LogP contribution in [0.15, 0.2) is 29.4 Å². The van der Waals surface area contributed by atoms with Crippen LogP contribution in [0.2, 0.25) is 0 Å². The summed E-state index contributed by atoms with van der Waals surface area (Å²) in [6.07, 6.45) is 3.80. The number of aliphatic carboxylic acids is 1. The van der Waals surface area contributed by atoms with Crippen LogP contribution < -0.4 is 0 Å². The van der Waals surface area contributed by atoms with Crippen LogP contribution in [0.1, 0.15) is 55.6 Å². The number of hydrogen-bond acceptors (Lipinski definition) is 3. The van der Waals surface area contributed by atoms with Crippen molar-refractivity contribution in [2.45, 2.75) is 44.4 Å². The number of carboxylic acids is 1. The van der Waals surface area contributed by atoms with Crippen LogP contribution in [0.5, 0.6) is 0 Å². The Bertz CT molecular complexity index is 479. The van der Waals surface area contributed by atoms with E-state index < -0.39 is 11.9 Å². The summed E-state index contributed by atoms with van der Waals surface area (Å²) in [6, 6.07) is 7.77. The van der Waals surface area contributed by atoms with E-state index in [1.54, 1.807) is 6.92 Å². The van der Waals surface area contributed by atoms with Crippen molar-refractivity contribution in [3.63, 3.8) is 0 Å². The molecule has 0 aromatic heterocycles. The van der Waals surface area contributed by atoms with Gasteiger partial charge in [-0.3, -0.25) is 4.79 Å². The molecule has 4 nitrogen and oxygen atoms in total. The van der Waals surface area contributed by atoms with Gasteiger partial charge < -0.3 is 10.3 Å². The van der Waals surface area contributed by atoms with Crippen molar-refractivity contribution in [2.75, 3.05) is 0 Å². The molecule has 0 amide bonds. The Morgan fingerprint density at radius 1 is 1.37 bits per heavy atom. The minimum Gasteiger partial charge on any atom is -0.481 e. The first kappa shape index (κ1) is 13.6. The minimum absolute atomic E-state index is 0.383. The molecule has 2 N–H and O–H groups in total. The molecule has 2 rings (SSSR count). The third-order valence-electron chi connectivity index (χ3n) is 3.92. The van der Waals surface area contributed by atoms with Crippen LogP contribution >= 0.6 is 0 Å². The Hall–Kier alpha value is -1.84. The Balaban J connectivity index is 2.12. The zero-order chi connectivity index (χ0) is 13.8. The first-order chi connectivity index (χ1) is 9.11. The van der Waals surface area contributed by atoms with Crippen molar-refractivity contribution in [3.05, 3.63) is 35.4 Å². The maximum atomic E-state index is 10.9. The molecule has 0 aliphatic heterocycles. The molecule has 1 aliphatic carbocycles. The molecule has 1 aromatic rings. The SMILES string of the molecule is C[C@@H](C(=O)O)c1ccc([C@H]2CCC/C(=N\O)C2)cc1. The molecule has 0 unspecified atom stereocenters. The van der Waals surface area contributed by atoms with Crippen molar-refractivity contribution >= 4 is 11.7 Å². The average molecular weight is 261 g/mol. The highest BCUT2D eigenvalue weighted by atomic mass is 16.4. The van der Waals surface area contributed by atoms with Crippen molar-refractivity contribution in [3.8, 4) is 0 Å². The Labute approximate surface area is 112 Å². The van der Waals surface area contributed by atoms with E-state index >= 15 is 0 Å². The van der Waals surface area contributed by atoms with Gasteiger partial charge in [0.1, 0.15) is 0 Å². The van der Waals surface area contributed by atoms with Crippen LogP contribution in [0.3, 0.4) is 0 Å². The molecule has 102 valence electrons. The summed E-state index contributed by atoms with van der Waals surface area (Å²) in [7, 11) is 0. The summed E-state index contributed by atoms with van der Waals surface area (Å²) < 4.78 is 0. The second-order valence-electron chi connectivity index (χ2n) is 5.19. The van der Waals surface area contributed by atoms with Gasteiger partial charge >= 0.3 is 5.97 Å². The number of carboxylic acid groups (broad SMARTS) is 1. The lowest BCUT2D eigenvalue weighted by molar-refractivity contribution is -0.138. The Kier molecular flexibility index (Phi) is 4.20. The molecule has 1 saturated carbocycles. The fourth-order valence-corrected chi connectivity index (χ4v) is 2.62. The third kappa shape index (κ3) is 3.13. The lowest BCUT2D eigenvalue weighted by Gasteiger charge is -2.23. The van der Waals surface area contributed by atoms with E-state index in [0.29, 0.717) is 5.92 Å². The van der Waals surface area contributed by atoms with E-state index in [4.69, 9.17) is 10.3 Å². The predicted octanol–water partition coefficient (Wildman–Crippen LogP) is 3.36. The van der Waals surface area contributed by atoms with Crippen LogP contribution in [-0.2, 0) is 4.79 Å². The normalized spacial score (nSPS) is 23.2. The molecule has 1 aliphatic rings. The van der Waals surface area contributed by atoms with Gasteiger partial charge in [-0.05, 0) is 49.7 Å². The van der Waals surface area contributed by atoms with Gasteiger partial charge in [0.15, 0.2) is 0 Å². The standard InChI is InChI=1S/C15H19NO3/c1-10(15(17)18)11-5-7-12(8-6-11)13-3-2-4-14(9-13)16-19/h5-8,10,13,19H,2-4,9H2,1H3,(H,17,18)/b16-14+/t10-,13+/m1/s1. The van der Waals surface area contributed by atoms with Gasteiger partial charge in [-0.15, -0.1) is 0 Å². The molecular formula is C15H19NO3. The molecule has 0 heterocycles. The first-order valence-electron chi connectivity index (χ1n) is 6.64. The molecule has 0 radical (unpaired) electrons. The number of benzene rings is 1. The molecule has 0 saturated heterocycles. The summed E-state index contributed by atoms with van der Waals surface area (Å²) >= 11 is 0. The largest absolute Gasteiger partial charge is 0.481 e. The second kappa shape index (κ2) is 5.87. The summed E-state index contributed by atoms with van der Waals surface area (Å²) in [6.45, 7) is 1.69. The maximum Gasteiger partial charge on any atom is 0.310 e. The highest BCUT2D eigenvalue weighted by Crippen LogP contribution is 2.32. The van der Waals surface area contributed by atoms with E-state index in [1.165, 1.54) is 5.56 Å². The van der Waals surface area contributed by atoms with Gasteiger partial charge in [-0.1, -0.05) is 29.4 Å². The van der Waals surface area contributed by atoms with Crippen molar-refractivity contribution < 1.29 is 15.1 Å². The second-order valence-corrected chi connectivity index (χ2v) is 5.19. The summed E-state index contributed by atoms with van der Waals surface area (Å²) in [5.74, 6) is -0.899. The van der Waals surface area contributed by atoms with E-state index in [0.717, 1.165) is 37.0 Å². The Morgan fingerprint density at radius 3 is 2.63 bits per heavy atom. The van der Waals surface area contributed by atoms with Crippen molar-refractivity contribution in [1.82, 2.24) is 0 Å². The van der Waals surface area contributed by atoms with Crippen molar-refractivity contribution in [1.29, 1.82) is 0 Å². The minimum atomic E-state index is -0.805. The zero-order valence-electron chi connectivity index (χ0n) is 11.0. The summed E-state index contributed by atoms with van der Waals surface area (Å²) in [4.78, 5) is 10.9. The number of oxime groups is 1. The quantitative estimate of drug-likeness (QED) is 0.647. The van der Waals surface area contributed by atoms with Crippen LogP contribution in [0.4, 0.5) is 0 Å². The highest BCUT2D eigenvalue weighted by Gasteiger charge is 2.21. The van der Waals surface area contributed by atoms with Gasteiger partial charge in [0.25, 0.3) is 0 Å². The van der Waals surface area contributed by atoms with Gasteiger partial charge in [0.05, 0.1) is 11.6 Å². The van der Waals surface area contributed by atoms with E-state index in [1.807, 2.05) is 24.3 Å². The third-order valence-corrected chi connectivity index (χ3v) is 3.92. The molecule has 1 fully saturated rings. The summed E-state index contributed by atoms with van der Waals surface area (Å²) in [5.41, 5.74) is 2.88. The smallest absolute Gasteiger partial charge is 0.310 e. The fraction of sp³-hybridized carbons (Fsp3) is 0.467. The van der Waals surface area contributed by atoms with Gasteiger partial charge in [-0.2, -0.15) is 0 Å². The predicted molar refractivity (Wildman–Crippen MR) is 72.9 cm³/mol. The molecule has 0 spiro atoms. The van der Waals surface area contributed by atoms with Crippen LogP contribution in [-0.4, -0.2) is 22.0 Å².